The number of rotatable bonds is 9. The first-order chi connectivity index (χ1) is 13.6. The van der Waals surface area contributed by atoms with Gasteiger partial charge in [0, 0.05) is 25.6 Å². The second-order valence-corrected chi connectivity index (χ2v) is 8.38. The number of nitrogens with two attached hydrogens (primary N) is 1. The largest absolute Gasteiger partial charge is 0.369 e. The van der Waals surface area contributed by atoms with Crippen LogP contribution in [0.2, 0.25) is 0 Å². The van der Waals surface area contributed by atoms with E-state index in [1.807, 2.05) is 23.1 Å². The average molecular weight is 403 g/mol. The maximum Gasteiger partial charge on any atom is 0.233 e. The number of hydrogen-bond acceptors (Lipinski definition) is 4. The molecule has 1 saturated heterocycles. The van der Waals surface area contributed by atoms with Crippen molar-refractivity contribution in [2.24, 2.45) is 11.7 Å². The van der Waals surface area contributed by atoms with Gasteiger partial charge in [-0.2, -0.15) is 0 Å². The van der Waals surface area contributed by atoms with Crippen molar-refractivity contribution in [3.8, 4) is 0 Å². The molecule has 28 heavy (non-hydrogen) atoms. The quantitative estimate of drug-likeness (QED) is 0.515. The number of amides is 2. The Morgan fingerprint density at radius 2 is 1.93 bits per heavy atom. The average Bonchev–Trinajstić information content (AvgIpc) is 3.07. The molecule has 7 heteroatoms. The van der Waals surface area contributed by atoms with Crippen LogP contribution in [0.3, 0.4) is 0 Å². The van der Waals surface area contributed by atoms with Gasteiger partial charge in [-0.3, -0.25) is 9.59 Å². The molecule has 0 aliphatic carbocycles. The van der Waals surface area contributed by atoms with Gasteiger partial charge in [-0.05, 0) is 31.4 Å². The van der Waals surface area contributed by atoms with Gasteiger partial charge in [0.1, 0.15) is 0 Å². The fraction of sp³-hybridized carbons (Fsp3) is 0.571. The minimum atomic E-state index is -0.252. The second kappa shape index (κ2) is 9.96. The molecule has 1 aliphatic rings. The third-order valence-corrected chi connectivity index (χ3v) is 6.39. The third-order valence-electron chi connectivity index (χ3n) is 5.43. The van der Waals surface area contributed by atoms with Gasteiger partial charge in [0.15, 0.2) is 5.16 Å². The first-order valence-corrected chi connectivity index (χ1v) is 11.2. The molecule has 1 aliphatic heterocycles. The minimum absolute atomic E-state index is 0.0935. The summed E-state index contributed by atoms with van der Waals surface area (Å²) >= 11 is 1.51. The van der Waals surface area contributed by atoms with Gasteiger partial charge in [-0.25, -0.2) is 4.98 Å². The number of para-hydroxylation sites is 2. The minimum Gasteiger partial charge on any atom is -0.369 e. The van der Waals surface area contributed by atoms with Crippen LogP contribution in [0.1, 0.15) is 45.4 Å². The molecule has 152 valence electrons. The van der Waals surface area contributed by atoms with E-state index in [1.165, 1.54) is 31.0 Å². The van der Waals surface area contributed by atoms with Gasteiger partial charge < -0.3 is 15.2 Å². The second-order valence-electron chi connectivity index (χ2n) is 7.44. The van der Waals surface area contributed by atoms with Crippen molar-refractivity contribution in [1.82, 2.24) is 14.5 Å². The molecule has 0 bridgehead atoms. The molecule has 3 rings (SSSR count). The molecule has 0 unspecified atom stereocenters. The molecule has 0 saturated carbocycles. The zero-order chi connectivity index (χ0) is 19.9. The molecular formula is C21H30N4O2S. The molecule has 2 heterocycles. The van der Waals surface area contributed by atoms with E-state index in [9.17, 15) is 9.59 Å². The van der Waals surface area contributed by atoms with Gasteiger partial charge in [-0.15, -0.1) is 0 Å². The van der Waals surface area contributed by atoms with Gasteiger partial charge in [0.25, 0.3) is 0 Å². The fourth-order valence-electron chi connectivity index (χ4n) is 3.71. The number of benzene rings is 1. The molecule has 0 radical (unpaired) electrons. The van der Waals surface area contributed by atoms with E-state index in [0.29, 0.717) is 31.7 Å². The van der Waals surface area contributed by atoms with Crippen LogP contribution >= 0.6 is 11.8 Å². The number of hydrogen-bond donors (Lipinski definition) is 1. The molecule has 1 aromatic carbocycles. The summed E-state index contributed by atoms with van der Waals surface area (Å²) in [5.74, 6) is 0.138. The number of nitrogens with zero attached hydrogens (tertiary/aromatic N) is 3. The number of likely N-dealkylation sites (tertiary alicyclic amines) is 1. The molecular weight excluding hydrogens is 372 g/mol. The van der Waals surface area contributed by atoms with E-state index in [2.05, 4.69) is 17.6 Å². The molecule has 2 aromatic rings. The lowest BCUT2D eigenvalue weighted by molar-refractivity contribution is -0.132. The Balaban J connectivity index is 1.61. The summed E-state index contributed by atoms with van der Waals surface area (Å²) in [6, 6.07) is 8.16. The van der Waals surface area contributed by atoms with Crippen LogP contribution in [0.4, 0.5) is 0 Å². The third kappa shape index (κ3) is 5.07. The Kier molecular flexibility index (Phi) is 7.36. The van der Waals surface area contributed by atoms with Crippen LogP contribution in [-0.2, 0) is 16.1 Å². The summed E-state index contributed by atoms with van der Waals surface area (Å²) in [4.78, 5) is 30.5. The number of aryl methyl sites for hydroxylation is 1. The monoisotopic (exact) mass is 402 g/mol. The highest BCUT2D eigenvalue weighted by molar-refractivity contribution is 7.99. The highest BCUT2D eigenvalue weighted by Crippen LogP contribution is 2.26. The molecule has 1 aromatic heterocycles. The first kappa shape index (κ1) is 20.7. The van der Waals surface area contributed by atoms with Gasteiger partial charge in [0.05, 0.1) is 16.8 Å². The number of primary amides is 1. The Labute approximate surface area is 170 Å². The van der Waals surface area contributed by atoms with Crippen LogP contribution in [0, 0.1) is 5.92 Å². The number of fused-ring (bicyclic) bond motifs is 1. The lowest BCUT2D eigenvalue weighted by Crippen LogP contribution is -2.42. The zero-order valence-electron chi connectivity index (χ0n) is 16.6. The fourth-order valence-corrected chi connectivity index (χ4v) is 4.65. The van der Waals surface area contributed by atoms with E-state index in [-0.39, 0.29) is 17.7 Å². The van der Waals surface area contributed by atoms with Gasteiger partial charge in [-0.1, -0.05) is 50.1 Å². The topological polar surface area (TPSA) is 81.2 Å². The van der Waals surface area contributed by atoms with Crippen molar-refractivity contribution in [2.75, 3.05) is 18.8 Å². The SMILES string of the molecule is CCCCCCn1c(SCC(=O)N2CCC(C(N)=O)CC2)nc2ccccc21. The summed E-state index contributed by atoms with van der Waals surface area (Å²) in [6.45, 7) is 4.37. The standard InChI is InChI=1S/C21H30N4O2S/c1-2-3-4-7-12-25-18-9-6-5-8-17(18)23-21(25)28-15-19(26)24-13-10-16(11-14-24)20(22)27/h5-6,8-9,16H,2-4,7,10-15H2,1H3,(H2,22,27). The van der Waals surface area contributed by atoms with Crippen molar-refractivity contribution >= 4 is 34.6 Å². The molecule has 1 fully saturated rings. The van der Waals surface area contributed by atoms with Crippen molar-refractivity contribution in [2.45, 2.75) is 57.1 Å². The van der Waals surface area contributed by atoms with E-state index in [1.54, 1.807) is 0 Å². The number of imidazole rings is 1. The van der Waals surface area contributed by atoms with E-state index < -0.39 is 0 Å². The lowest BCUT2D eigenvalue weighted by Gasteiger charge is -2.30. The van der Waals surface area contributed by atoms with E-state index >= 15 is 0 Å². The number of aromatic nitrogens is 2. The van der Waals surface area contributed by atoms with Crippen LogP contribution in [0.25, 0.3) is 11.0 Å². The Bertz CT molecular complexity index is 812. The van der Waals surface area contributed by atoms with Crippen LogP contribution < -0.4 is 5.73 Å². The number of unbranched alkanes of at least 4 members (excludes halogenated alkanes) is 3. The van der Waals surface area contributed by atoms with E-state index in [4.69, 9.17) is 10.7 Å². The first-order valence-electron chi connectivity index (χ1n) is 10.2. The summed E-state index contributed by atoms with van der Waals surface area (Å²) in [6.07, 6.45) is 6.13. The summed E-state index contributed by atoms with van der Waals surface area (Å²) in [7, 11) is 0. The highest BCUT2D eigenvalue weighted by Gasteiger charge is 2.26. The number of carbonyl (C=O) groups is 2. The van der Waals surface area contributed by atoms with Crippen molar-refractivity contribution in [3.05, 3.63) is 24.3 Å². The summed E-state index contributed by atoms with van der Waals surface area (Å²) in [5, 5.41) is 0.915. The molecule has 6 nitrogen and oxygen atoms in total. The van der Waals surface area contributed by atoms with Gasteiger partial charge >= 0.3 is 0 Å². The highest BCUT2D eigenvalue weighted by atomic mass is 32.2. The molecule has 2 N–H and O–H groups in total. The number of thioether (sulfide) groups is 1. The molecule has 0 atom stereocenters. The van der Waals surface area contributed by atoms with Crippen LogP contribution in [0.5, 0.6) is 0 Å². The van der Waals surface area contributed by atoms with E-state index in [0.717, 1.165) is 29.2 Å². The van der Waals surface area contributed by atoms with Crippen LogP contribution in [0.15, 0.2) is 29.4 Å². The summed E-state index contributed by atoms with van der Waals surface area (Å²) in [5.41, 5.74) is 7.50. The number of piperidine rings is 1. The Hall–Kier alpha value is -2.02. The predicted octanol–water partition coefficient (Wildman–Crippen LogP) is 3.43. The Morgan fingerprint density at radius 1 is 1.18 bits per heavy atom. The maximum absolute atomic E-state index is 12.6. The van der Waals surface area contributed by atoms with Crippen molar-refractivity contribution in [1.29, 1.82) is 0 Å². The number of carbonyl (C=O) groups excluding carboxylic acids is 2. The Morgan fingerprint density at radius 3 is 2.64 bits per heavy atom. The molecule has 2 amide bonds. The van der Waals surface area contributed by atoms with Crippen molar-refractivity contribution < 1.29 is 9.59 Å². The van der Waals surface area contributed by atoms with Crippen LogP contribution in [-0.4, -0.2) is 45.1 Å². The lowest BCUT2D eigenvalue weighted by atomic mass is 9.96. The normalized spacial score (nSPS) is 15.2. The maximum atomic E-state index is 12.6. The predicted molar refractivity (Wildman–Crippen MR) is 113 cm³/mol. The summed E-state index contributed by atoms with van der Waals surface area (Å²) < 4.78 is 2.25. The van der Waals surface area contributed by atoms with Gasteiger partial charge in [0.2, 0.25) is 11.8 Å². The smallest absolute Gasteiger partial charge is 0.233 e. The molecule has 0 spiro atoms. The zero-order valence-corrected chi connectivity index (χ0v) is 17.4. The van der Waals surface area contributed by atoms with Crippen molar-refractivity contribution in [3.63, 3.8) is 0 Å².